The Kier molecular flexibility index (Phi) is 5.87. The molecule has 1 unspecified atom stereocenters. The maximum Gasteiger partial charge on any atom is 0.274 e. The second-order valence-electron chi connectivity index (χ2n) is 6.61. The number of nitrogens with one attached hydrogen (secondary N) is 1. The third-order valence-corrected chi connectivity index (χ3v) is 4.67. The normalized spacial score (nSPS) is 17.4. The van der Waals surface area contributed by atoms with Crippen LogP contribution < -0.4 is 5.32 Å². The number of piperidine rings is 1. The number of hydrogen-bond acceptors (Lipinski definition) is 4. The molecule has 1 N–H and O–H groups in total. The smallest absolute Gasteiger partial charge is 0.274 e. The topological polar surface area (TPSA) is 58.1 Å². The van der Waals surface area contributed by atoms with Gasteiger partial charge in [0.2, 0.25) is 0 Å². The Hall–Kier alpha value is -2.14. The van der Waals surface area contributed by atoms with Crippen LogP contribution in [0.4, 0.5) is 5.82 Å². The predicted molar refractivity (Wildman–Crippen MR) is 100.0 cm³/mol. The lowest BCUT2D eigenvalue weighted by Crippen LogP contribution is -2.39. The first-order valence-electron chi connectivity index (χ1n) is 8.73. The third kappa shape index (κ3) is 4.92. The number of carbonyl (C=O) groups excluding carboxylic acids is 1. The van der Waals surface area contributed by atoms with E-state index < -0.39 is 0 Å². The van der Waals surface area contributed by atoms with Crippen molar-refractivity contribution in [2.45, 2.75) is 26.2 Å². The fourth-order valence-electron chi connectivity index (χ4n) is 3.10. The van der Waals surface area contributed by atoms with Crippen LogP contribution in [-0.2, 0) is 6.42 Å². The monoisotopic (exact) mass is 358 g/mol. The van der Waals surface area contributed by atoms with Gasteiger partial charge in [-0.3, -0.25) is 4.79 Å². The number of amides is 1. The number of carbonyl (C=O) groups is 1. The lowest BCUT2D eigenvalue weighted by Gasteiger charge is -2.30. The van der Waals surface area contributed by atoms with Gasteiger partial charge >= 0.3 is 0 Å². The van der Waals surface area contributed by atoms with Crippen LogP contribution in [0.3, 0.4) is 0 Å². The molecule has 1 aromatic heterocycles. The summed E-state index contributed by atoms with van der Waals surface area (Å²) in [5.41, 5.74) is 1.58. The highest BCUT2D eigenvalue weighted by Gasteiger charge is 2.23. The van der Waals surface area contributed by atoms with Gasteiger partial charge in [0.15, 0.2) is 5.69 Å². The van der Waals surface area contributed by atoms with E-state index in [-0.39, 0.29) is 5.91 Å². The van der Waals surface area contributed by atoms with E-state index in [2.05, 4.69) is 22.4 Å². The molecule has 6 heteroatoms. The largest absolute Gasteiger partial charge is 0.368 e. The highest BCUT2D eigenvalue weighted by Crippen LogP contribution is 2.17. The van der Waals surface area contributed by atoms with Crippen molar-refractivity contribution in [3.05, 3.63) is 52.7 Å². The Labute approximate surface area is 153 Å². The van der Waals surface area contributed by atoms with Crippen molar-refractivity contribution in [2.24, 2.45) is 5.92 Å². The van der Waals surface area contributed by atoms with Gasteiger partial charge in [-0.1, -0.05) is 30.7 Å². The summed E-state index contributed by atoms with van der Waals surface area (Å²) in [5, 5.41) is 12.2. The maximum absolute atomic E-state index is 12.5. The van der Waals surface area contributed by atoms with Gasteiger partial charge in [-0.25, -0.2) is 0 Å². The summed E-state index contributed by atoms with van der Waals surface area (Å²) in [4.78, 5) is 14.4. The van der Waals surface area contributed by atoms with Crippen molar-refractivity contribution in [1.29, 1.82) is 0 Å². The molecule has 0 bridgehead atoms. The first-order chi connectivity index (χ1) is 12.1. The van der Waals surface area contributed by atoms with E-state index in [4.69, 9.17) is 11.6 Å². The quantitative estimate of drug-likeness (QED) is 0.886. The molecular weight excluding hydrogens is 336 g/mol. The Morgan fingerprint density at radius 2 is 2.20 bits per heavy atom. The fourth-order valence-corrected chi connectivity index (χ4v) is 3.32. The minimum Gasteiger partial charge on any atom is -0.368 e. The molecule has 1 aliphatic rings. The molecule has 0 saturated carbocycles. The molecule has 132 valence electrons. The number of likely N-dealkylation sites (tertiary alicyclic amines) is 1. The molecule has 3 rings (SSSR count). The van der Waals surface area contributed by atoms with Crippen molar-refractivity contribution < 1.29 is 4.79 Å². The molecule has 1 fully saturated rings. The van der Waals surface area contributed by atoms with Gasteiger partial charge in [0, 0.05) is 24.7 Å². The van der Waals surface area contributed by atoms with Gasteiger partial charge in [-0.2, -0.15) is 0 Å². The van der Waals surface area contributed by atoms with Crippen LogP contribution in [0.15, 0.2) is 36.4 Å². The SMILES string of the molecule is CC1CCCN(C(=O)c2ccc(NCCc3cccc(Cl)c3)nn2)C1. The zero-order chi connectivity index (χ0) is 17.6. The summed E-state index contributed by atoms with van der Waals surface area (Å²) in [6, 6.07) is 11.4. The molecule has 1 aromatic carbocycles. The Morgan fingerprint density at radius 3 is 2.92 bits per heavy atom. The summed E-state index contributed by atoms with van der Waals surface area (Å²) in [5.74, 6) is 1.20. The summed E-state index contributed by atoms with van der Waals surface area (Å²) >= 11 is 5.98. The summed E-state index contributed by atoms with van der Waals surface area (Å²) < 4.78 is 0. The van der Waals surface area contributed by atoms with Crippen LogP contribution in [0.2, 0.25) is 5.02 Å². The van der Waals surface area contributed by atoms with Crippen molar-refractivity contribution in [2.75, 3.05) is 25.0 Å². The molecule has 0 spiro atoms. The number of hydrogen-bond donors (Lipinski definition) is 1. The summed E-state index contributed by atoms with van der Waals surface area (Å²) in [7, 11) is 0. The molecular formula is C19H23ClN4O. The third-order valence-electron chi connectivity index (χ3n) is 4.44. The van der Waals surface area contributed by atoms with Gasteiger partial charge in [0.25, 0.3) is 5.91 Å². The second kappa shape index (κ2) is 8.30. The van der Waals surface area contributed by atoms with Gasteiger partial charge in [0.1, 0.15) is 5.82 Å². The van der Waals surface area contributed by atoms with Crippen molar-refractivity contribution in [3.8, 4) is 0 Å². The first kappa shape index (κ1) is 17.7. The van der Waals surface area contributed by atoms with Crippen molar-refractivity contribution in [3.63, 3.8) is 0 Å². The molecule has 1 aliphatic heterocycles. The number of anilines is 1. The summed E-state index contributed by atoms with van der Waals surface area (Å²) in [6.07, 6.45) is 3.09. The fraction of sp³-hybridized carbons (Fsp3) is 0.421. The second-order valence-corrected chi connectivity index (χ2v) is 7.05. The van der Waals surface area contributed by atoms with E-state index in [0.717, 1.165) is 37.5 Å². The van der Waals surface area contributed by atoms with Crippen LogP contribution in [0.1, 0.15) is 35.8 Å². The van der Waals surface area contributed by atoms with E-state index in [1.807, 2.05) is 35.2 Å². The average Bonchev–Trinajstić information content (AvgIpc) is 2.62. The average molecular weight is 359 g/mol. The molecule has 1 atom stereocenters. The van der Waals surface area contributed by atoms with E-state index >= 15 is 0 Å². The van der Waals surface area contributed by atoms with Crippen LogP contribution in [-0.4, -0.2) is 40.6 Å². The Bertz CT molecular complexity index is 720. The molecule has 1 saturated heterocycles. The number of nitrogens with zero attached hydrogens (tertiary/aromatic N) is 3. The minimum absolute atomic E-state index is 0.0236. The highest BCUT2D eigenvalue weighted by molar-refractivity contribution is 6.30. The zero-order valence-corrected chi connectivity index (χ0v) is 15.2. The van der Waals surface area contributed by atoms with E-state index in [0.29, 0.717) is 17.4 Å². The molecule has 25 heavy (non-hydrogen) atoms. The minimum atomic E-state index is -0.0236. The number of aromatic nitrogens is 2. The lowest BCUT2D eigenvalue weighted by atomic mass is 10.00. The number of benzene rings is 1. The lowest BCUT2D eigenvalue weighted by molar-refractivity contribution is 0.0676. The molecule has 2 heterocycles. The van der Waals surface area contributed by atoms with Gasteiger partial charge < -0.3 is 10.2 Å². The Balaban J connectivity index is 1.52. The molecule has 1 amide bonds. The predicted octanol–water partition coefficient (Wildman–Crippen LogP) is 3.66. The van der Waals surface area contributed by atoms with Crippen LogP contribution in [0.25, 0.3) is 0 Å². The summed E-state index contributed by atoms with van der Waals surface area (Å²) in [6.45, 7) is 4.52. The van der Waals surface area contributed by atoms with Crippen LogP contribution >= 0.6 is 11.6 Å². The maximum atomic E-state index is 12.5. The zero-order valence-electron chi connectivity index (χ0n) is 14.4. The van der Waals surface area contributed by atoms with Crippen LogP contribution in [0.5, 0.6) is 0 Å². The highest BCUT2D eigenvalue weighted by atomic mass is 35.5. The first-order valence-corrected chi connectivity index (χ1v) is 9.11. The molecule has 0 radical (unpaired) electrons. The van der Waals surface area contributed by atoms with E-state index in [9.17, 15) is 4.79 Å². The Morgan fingerprint density at radius 1 is 1.32 bits per heavy atom. The number of halogens is 1. The van der Waals surface area contributed by atoms with Crippen molar-refractivity contribution in [1.82, 2.24) is 15.1 Å². The van der Waals surface area contributed by atoms with Gasteiger partial charge in [-0.15, -0.1) is 10.2 Å². The van der Waals surface area contributed by atoms with E-state index in [1.165, 1.54) is 12.0 Å². The van der Waals surface area contributed by atoms with Gasteiger partial charge in [-0.05, 0) is 55.0 Å². The molecule has 5 nitrogen and oxygen atoms in total. The van der Waals surface area contributed by atoms with E-state index in [1.54, 1.807) is 6.07 Å². The molecule has 2 aromatic rings. The standard InChI is InChI=1S/C19H23ClN4O/c1-14-4-3-11-24(13-14)19(25)17-7-8-18(23-22-17)21-10-9-15-5-2-6-16(20)12-15/h2,5-8,12,14H,3-4,9-11,13H2,1H3,(H,21,23). The van der Waals surface area contributed by atoms with Crippen molar-refractivity contribution >= 4 is 23.3 Å². The van der Waals surface area contributed by atoms with Crippen LogP contribution in [0, 0.1) is 5.92 Å². The molecule has 0 aliphatic carbocycles. The number of rotatable bonds is 5. The van der Waals surface area contributed by atoms with Gasteiger partial charge in [0.05, 0.1) is 0 Å².